The third-order valence-corrected chi connectivity index (χ3v) is 3.43. The molecule has 0 saturated carbocycles. The van der Waals surface area contributed by atoms with Crippen LogP contribution in [0.5, 0.6) is 5.75 Å². The summed E-state index contributed by atoms with van der Waals surface area (Å²) in [4.78, 5) is 27.0. The summed E-state index contributed by atoms with van der Waals surface area (Å²) in [5.41, 5.74) is 5.38. The van der Waals surface area contributed by atoms with E-state index in [1.165, 1.54) is 23.1 Å². The predicted molar refractivity (Wildman–Crippen MR) is 74.6 cm³/mol. The van der Waals surface area contributed by atoms with Gasteiger partial charge in [0.2, 0.25) is 5.91 Å². The van der Waals surface area contributed by atoms with E-state index in [0.717, 1.165) is 0 Å². The lowest BCUT2D eigenvalue weighted by atomic mass is 10.1. The Kier molecular flexibility index (Phi) is 5.26. The number of piperazine rings is 1. The van der Waals surface area contributed by atoms with Gasteiger partial charge in [0.1, 0.15) is 5.75 Å². The lowest BCUT2D eigenvalue weighted by molar-refractivity contribution is -0.131. The van der Waals surface area contributed by atoms with Crippen molar-refractivity contribution >= 4 is 11.8 Å². The second-order valence-electron chi connectivity index (χ2n) is 4.75. The molecule has 0 aromatic heterocycles. The first-order valence-corrected chi connectivity index (χ1v) is 6.84. The van der Waals surface area contributed by atoms with Gasteiger partial charge in [0, 0.05) is 26.2 Å². The van der Waals surface area contributed by atoms with Gasteiger partial charge in [-0.1, -0.05) is 12.1 Å². The van der Waals surface area contributed by atoms with Crippen LogP contribution in [0, 0.1) is 0 Å². The fourth-order valence-electron chi connectivity index (χ4n) is 2.30. The van der Waals surface area contributed by atoms with Crippen LogP contribution in [0.25, 0.3) is 0 Å². The maximum Gasteiger partial charge on any atom is 0.387 e. The molecule has 0 atom stereocenters. The summed E-state index contributed by atoms with van der Waals surface area (Å²) in [5.74, 6) is -0.715. The quantitative estimate of drug-likeness (QED) is 0.880. The van der Waals surface area contributed by atoms with Crippen LogP contribution in [0.2, 0.25) is 0 Å². The topological polar surface area (TPSA) is 75.9 Å². The number of nitrogens with zero attached hydrogens (tertiary/aromatic N) is 2. The molecule has 1 saturated heterocycles. The molecule has 1 aliphatic heterocycles. The highest BCUT2D eigenvalue weighted by Crippen LogP contribution is 2.22. The molecule has 0 aliphatic carbocycles. The minimum atomic E-state index is -2.99. The largest absolute Gasteiger partial charge is 0.434 e. The van der Waals surface area contributed by atoms with Crippen LogP contribution in [0.4, 0.5) is 8.78 Å². The van der Waals surface area contributed by atoms with Crippen molar-refractivity contribution in [3.05, 3.63) is 29.8 Å². The molecular formula is C14H17F2N3O3. The van der Waals surface area contributed by atoms with E-state index in [9.17, 15) is 18.4 Å². The first kappa shape index (κ1) is 16.2. The Labute approximate surface area is 126 Å². The number of benzene rings is 1. The van der Waals surface area contributed by atoms with E-state index in [1.54, 1.807) is 11.0 Å². The van der Waals surface area contributed by atoms with Crippen molar-refractivity contribution in [1.29, 1.82) is 0 Å². The van der Waals surface area contributed by atoms with Crippen molar-refractivity contribution in [2.75, 3.05) is 32.7 Å². The van der Waals surface area contributed by atoms with Crippen LogP contribution in [0.15, 0.2) is 24.3 Å². The number of ether oxygens (including phenoxy) is 1. The molecule has 2 N–H and O–H groups in total. The molecular weight excluding hydrogens is 296 g/mol. The Morgan fingerprint density at radius 3 is 2.32 bits per heavy atom. The normalized spacial score (nSPS) is 15.1. The number of hydrogen-bond acceptors (Lipinski definition) is 4. The van der Waals surface area contributed by atoms with Gasteiger partial charge in [0.05, 0.1) is 12.1 Å². The van der Waals surface area contributed by atoms with Gasteiger partial charge >= 0.3 is 6.61 Å². The Morgan fingerprint density at radius 2 is 1.73 bits per heavy atom. The van der Waals surface area contributed by atoms with Crippen LogP contribution in [-0.4, -0.2) is 60.9 Å². The highest BCUT2D eigenvalue weighted by Gasteiger charge is 2.26. The smallest absolute Gasteiger partial charge is 0.387 e. The number of halogens is 2. The van der Waals surface area contributed by atoms with Crippen LogP contribution in [0.1, 0.15) is 10.4 Å². The fourth-order valence-corrected chi connectivity index (χ4v) is 2.30. The number of nitrogens with two attached hydrogens (primary N) is 1. The summed E-state index contributed by atoms with van der Waals surface area (Å²) in [7, 11) is 0. The second kappa shape index (κ2) is 7.17. The van der Waals surface area contributed by atoms with E-state index in [4.69, 9.17) is 5.73 Å². The van der Waals surface area contributed by atoms with Gasteiger partial charge in [-0.05, 0) is 12.1 Å². The van der Waals surface area contributed by atoms with E-state index in [1.807, 2.05) is 0 Å². The first-order chi connectivity index (χ1) is 10.5. The summed E-state index contributed by atoms with van der Waals surface area (Å²) in [5, 5.41) is 0. The summed E-state index contributed by atoms with van der Waals surface area (Å²) in [6.07, 6.45) is 0. The van der Waals surface area contributed by atoms with Crippen molar-refractivity contribution < 1.29 is 23.1 Å². The summed E-state index contributed by atoms with van der Waals surface area (Å²) in [6.45, 7) is -1.66. The minimum Gasteiger partial charge on any atom is -0.434 e. The van der Waals surface area contributed by atoms with E-state index < -0.39 is 12.5 Å². The van der Waals surface area contributed by atoms with E-state index in [-0.39, 0.29) is 23.8 Å². The number of hydrogen-bond donors (Lipinski definition) is 1. The number of carbonyl (C=O) groups is 2. The zero-order chi connectivity index (χ0) is 16.1. The molecule has 1 aromatic rings. The molecule has 0 bridgehead atoms. The second-order valence-corrected chi connectivity index (χ2v) is 4.75. The van der Waals surface area contributed by atoms with Crippen LogP contribution in [0.3, 0.4) is 0 Å². The Morgan fingerprint density at radius 1 is 1.14 bits per heavy atom. The third kappa shape index (κ3) is 3.70. The Bertz CT molecular complexity index is 546. The van der Waals surface area contributed by atoms with Crippen LogP contribution in [-0.2, 0) is 4.79 Å². The molecule has 22 heavy (non-hydrogen) atoms. The highest BCUT2D eigenvalue weighted by atomic mass is 19.3. The van der Waals surface area contributed by atoms with E-state index in [0.29, 0.717) is 26.2 Å². The van der Waals surface area contributed by atoms with Gasteiger partial charge in [-0.2, -0.15) is 8.78 Å². The van der Waals surface area contributed by atoms with Crippen molar-refractivity contribution in [1.82, 2.24) is 9.80 Å². The lowest BCUT2D eigenvalue weighted by Crippen LogP contribution is -2.51. The van der Waals surface area contributed by atoms with Crippen LogP contribution >= 0.6 is 0 Å². The maximum absolute atomic E-state index is 12.4. The fraction of sp³-hybridized carbons (Fsp3) is 0.429. The molecule has 0 unspecified atom stereocenters. The molecule has 1 fully saturated rings. The SMILES string of the molecule is NCC(=O)N1CCN(C(=O)c2ccccc2OC(F)F)CC1. The molecule has 120 valence electrons. The molecule has 1 aromatic carbocycles. The van der Waals surface area contributed by atoms with Gasteiger partial charge in [0.15, 0.2) is 0 Å². The number of rotatable bonds is 4. The molecule has 2 rings (SSSR count). The average molecular weight is 313 g/mol. The summed E-state index contributed by atoms with van der Waals surface area (Å²) in [6, 6.07) is 5.87. The lowest BCUT2D eigenvalue weighted by Gasteiger charge is -2.34. The number of amides is 2. The monoisotopic (exact) mass is 313 g/mol. The molecule has 1 heterocycles. The summed E-state index contributed by atoms with van der Waals surface area (Å²) < 4.78 is 29.1. The van der Waals surface area contributed by atoms with Crippen molar-refractivity contribution in [3.8, 4) is 5.75 Å². The van der Waals surface area contributed by atoms with Crippen molar-refractivity contribution in [2.45, 2.75) is 6.61 Å². The number of carbonyl (C=O) groups excluding carboxylic acids is 2. The summed E-state index contributed by atoms with van der Waals surface area (Å²) >= 11 is 0. The van der Waals surface area contributed by atoms with E-state index >= 15 is 0 Å². The third-order valence-electron chi connectivity index (χ3n) is 3.43. The standard InChI is InChI=1S/C14H17F2N3O3/c15-14(16)22-11-4-2-1-3-10(11)13(21)19-7-5-18(6-8-19)12(20)9-17/h1-4,14H,5-9,17H2. The van der Waals surface area contributed by atoms with Gasteiger partial charge in [-0.25, -0.2) is 0 Å². The molecule has 6 nitrogen and oxygen atoms in total. The zero-order valence-corrected chi connectivity index (χ0v) is 11.9. The molecule has 8 heteroatoms. The number of alkyl halides is 2. The molecule has 0 spiro atoms. The predicted octanol–water partition coefficient (Wildman–Crippen LogP) is 0.531. The van der Waals surface area contributed by atoms with Gasteiger partial charge in [-0.15, -0.1) is 0 Å². The Balaban J connectivity index is 2.06. The van der Waals surface area contributed by atoms with Crippen LogP contribution < -0.4 is 10.5 Å². The van der Waals surface area contributed by atoms with Crippen molar-refractivity contribution in [2.24, 2.45) is 5.73 Å². The maximum atomic E-state index is 12.4. The molecule has 2 amide bonds. The molecule has 0 radical (unpaired) electrons. The minimum absolute atomic E-state index is 0.0704. The number of para-hydroxylation sites is 1. The van der Waals surface area contributed by atoms with Gasteiger partial charge < -0.3 is 20.3 Å². The Hall–Kier alpha value is -2.22. The van der Waals surface area contributed by atoms with Gasteiger partial charge in [0.25, 0.3) is 5.91 Å². The average Bonchev–Trinajstić information content (AvgIpc) is 2.53. The first-order valence-electron chi connectivity index (χ1n) is 6.84. The highest BCUT2D eigenvalue weighted by molar-refractivity contribution is 5.97. The molecule has 1 aliphatic rings. The van der Waals surface area contributed by atoms with Gasteiger partial charge in [-0.3, -0.25) is 9.59 Å². The zero-order valence-electron chi connectivity index (χ0n) is 11.9. The van der Waals surface area contributed by atoms with E-state index in [2.05, 4.69) is 4.74 Å². The van der Waals surface area contributed by atoms with Crippen molar-refractivity contribution in [3.63, 3.8) is 0 Å².